The summed E-state index contributed by atoms with van der Waals surface area (Å²) >= 11 is 0. The molecule has 66 heavy (non-hydrogen) atoms. The van der Waals surface area contributed by atoms with Gasteiger partial charge in [0, 0.05) is 6.42 Å². The fourth-order valence-electron chi connectivity index (χ4n) is 7.22. The molecule has 0 saturated heterocycles. The number of hydrogen-bond acceptors (Lipinski definition) is 3. The van der Waals surface area contributed by atoms with Crippen LogP contribution < -0.4 is 5.32 Å². The van der Waals surface area contributed by atoms with Crippen LogP contribution in [0.3, 0.4) is 0 Å². The highest BCUT2D eigenvalue weighted by Crippen LogP contribution is 2.14. The number of carbonyl (C=O) groups is 1. The summed E-state index contributed by atoms with van der Waals surface area (Å²) in [4.78, 5) is 12.4. The quantitative estimate of drug-likeness (QED) is 0.0421. The molecule has 372 valence electrons. The average Bonchev–Trinajstić information content (AvgIpc) is 3.32. The van der Waals surface area contributed by atoms with E-state index in [-0.39, 0.29) is 12.5 Å². The van der Waals surface area contributed by atoms with Crippen LogP contribution in [-0.4, -0.2) is 34.9 Å². The monoisotopic (exact) mass is 908 g/mol. The molecule has 0 spiro atoms. The smallest absolute Gasteiger partial charge is 0.220 e. The third-order valence-corrected chi connectivity index (χ3v) is 11.3. The molecule has 0 aromatic heterocycles. The molecule has 2 atom stereocenters. The minimum atomic E-state index is -0.884. The summed E-state index contributed by atoms with van der Waals surface area (Å²) < 4.78 is 0. The molecule has 3 N–H and O–H groups in total. The molecule has 0 aromatic rings. The minimum Gasteiger partial charge on any atom is -0.394 e. The van der Waals surface area contributed by atoms with E-state index in [0.29, 0.717) is 6.42 Å². The Morgan fingerprint density at radius 2 is 0.682 bits per heavy atom. The van der Waals surface area contributed by atoms with E-state index in [1.165, 1.54) is 83.5 Å². The second kappa shape index (κ2) is 55.6. The topological polar surface area (TPSA) is 69.6 Å². The molecular weight excluding hydrogens is 807 g/mol. The van der Waals surface area contributed by atoms with Gasteiger partial charge in [0.1, 0.15) is 0 Å². The second-order valence-corrected chi connectivity index (χ2v) is 17.6. The highest BCUT2D eigenvalue weighted by Gasteiger charge is 2.17. The normalized spacial score (nSPS) is 14.1. The molecule has 0 bridgehead atoms. The zero-order chi connectivity index (χ0) is 47.7. The van der Waals surface area contributed by atoms with Crippen LogP contribution in [0, 0.1) is 0 Å². The molecule has 0 aliphatic heterocycles. The fourth-order valence-corrected chi connectivity index (χ4v) is 7.22. The summed E-state index contributed by atoms with van der Waals surface area (Å²) in [6, 6.07) is -0.665. The Balaban J connectivity index is 3.73. The summed E-state index contributed by atoms with van der Waals surface area (Å²) in [6.07, 6.45) is 88.4. The van der Waals surface area contributed by atoms with Gasteiger partial charge in [-0.3, -0.25) is 4.79 Å². The van der Waals surface area contributed by atoms with Gasteiger partial charge in [0.25, 0.3) is 0 Å². The predicted molar refractivity (Wildman–Crippen MR) is 294 cm³/mol. The Morgan fingerprint density at radius 1 is 0.379 bits per heavy atom. The SMILES string of the molecule is CC/C=C\C/C=C\C/C=C\C/C=C\C/C=C\C/C=C\C/C=C\C/C=C\C/C=C\C/C=C\CCCCCCC(=O)NC(CO)C(O)/C=C/CC/C=C/CCCCCCCCCCCCCCC. The van der Waals surface area contributed by atoms with Crippen molar-refractivity contribution in [2.24, 2.45) is 0 Å². The van der Waals surface area contributed by atoms with Crippen LogP contribution in [-0.2, 0) is 4.79 Å². The van der Waals surface area contributed by atoms with Crippen LogP contribution in [0.25, 0.3) is 0 Å². The van der Waals surface area contributed by atoms with Crippen molar-refractivity contribution in [2.45, 2.75) is 231 Å². The molecule has 0 radical (unpaired) electrons. The lowest BCUT2D eigenvalue weighted by atomic mass is 10.0. The van der Waals surface area contributed by atoms with Gasteiger partial charge in [0.05, 0.1) is 18.8 Å². The zero-order valence-electron chi connectivity index (χ0n) is 42.6. The van der Waals surface area contributed by atoms with Crippen LogP contribution in [0.15, 0.2) is 146 Å². The highest BCUT2D eigenvalue weighted by atomic mass is 16.3. The van der Waals surface area contributed by atoms with Gasteiger partial charge < -0.3 is 15.5 Å². The maximum absolute atomic E-state index is 12.4. The molecule has 2 unspecified atom stereocenters. The van der Waals surface area contributed by atoms with Gasteiger partial charge in [-0.15, -0.1) is 0 Å². The molecule has 0 saturated carbocycles. The van der Waals surface area contributed by atoms with E-state index in [4.69, 9.17) is 0 Å². The van der Waals surface area contributed by atoms with Crippen LogP contribution in [0.2, 0.25) is 0 Å². The molecule has 4 nitrogen and oxygen atoms in total. The molecule has 0 aliphatic carbocycles. The van der Waals surface area contributed by atoms with E-state index in [9.17, 15) is 15.0 Å². The number of rotatable bonds is 47. The molecule has 1 amide bonds. The first-order valence-electron chi connectivity index (χ1n) is 27.0. The third kappa shape index (κ3) is 51.3. The summed E-state index contributed by atoms with van der Waals surface area (Å²) in [7, 11) is 0. The third-order valence-electron chi connectivity index (χ3n) is 11.3. The maximum atomic E-state index is 12.4. The van der Waals surface area contributed by atoms with Crippen molar-refractivity contribution >= 4 is 5.91 Å². The van der Waals surface area contributed by atoms with E-state index in [2.05, 4.69) is 153 Å². The first-order valence-corrected chi connectivity index (χ1v) is 27.0. The van der Waals surface area contributed by atoms with Gasteiger partial charge in [-0.25, -0.2) is 0 Å². The summed E-state index contributed by atoms with van der Waals surface area (Å²) in [6.45, 7) is 4.17. The van der Waals surface area contributed by atoms with Gasteiger partial charge >= 0.3 is 0 Å². The maximum Gasteiger partial charge on any atom is 0.220 e. The van der Waals surface area contributed by atoms with Crippen molar-refractivity contribution in [1.29, 1.82) is 0 Å². The van der Waals surface area contributed by atoms with Crippen molar-refractivity contribution in [1.82, 2.24) is 5.32 Å². The fraction of sp³-hybridized carbons (Fsp3) is 0.597. The molecule has 0 aromatic carbocycles. The van der Waals surface area contributed by atoms with Crippen LogP contribution in [0.5, 0.6) is 0 Å². The van der Waals surface area contributed by atoms with Gasteiger partial charge in [-0.2, -0.15) is 0 Å². The lowest BCUT2D eigenvalue weighted by Crippen LogP contribution is -2.45. The van der Waals surface area contributed by atoms with Gasteiger partial charge in [-0.1, -0.05) is 250 Å². The number of hydrogen-bond donors (Lipinski definition) is 3. The standard InChI is InChI=1S/C62H101NO3/c1-3-5-7-9-11-13-15-17-19-21-23-24-25-26-27-28-29-30-31-32-33-34-35-36-37-38-40-42-44-46-48-50-52-54-56-58-62(66)63-60(59-64)61(65)57-55-53-51-49-47-45-43-41-39-22-20-18-16-14-12-10-8-6-4-2/h5,7,11,13,17,19,23-24,26-27,29-30,32-33,35-36,38,40,44,46-47,49,55,57,60-61,64-65H,3-4,6,8-10,12,14-16,18,20-22,25,28,31,34,37,39,41-43,45,48,50-54,56,58-59H2,1-2H3,(H,63,66)/b7-5-,13-11-,19-17-,24-23-,27-26-,30-29-,33-32-,36-35-,40-38-,46-44-,49-47+,57-55+. The van der Waals surface area contributed by atoms with E-state index < -0.39 is 12.1 Å². The number of nitrogens with one attached hydrogen (secondary N) is 1. The van der Waals surface area contributed by atoms with Crippen molar-refractivity contribution < 1.29 is 15.0 Å². The van der Waals surface area contributed by atoms with Crippen molar-refractivity contribution in [3.8, 4) is 0 Å². The van der Waals surface area contributed by atoms with Crippen LogP contribution in [0.1, 0.15) is 219 Å². The molecule has 0 rings (SSSR count). The van der Waals surface area contributed by atoms with E-state index in [0.717, 1.165) is 116 Å². The van der Waals surface area contributed by atoms with E-state index in [1.54, 1.807) is 6.08 Å². The lowest BCUT2D eigenvalue weighted by molar-refractivity contribution is -0.123. The van der Waals surface area contributed by atoms with E-state index >= 15 is 0 Å². The number of amides is 1. The minimum absolute atomic E-state index is 0.104. The molecular formula is C62H101NO3. The zero-order valence-corrected chi connectivity index (χ0v) is 42.6. The van der Waals surface area contributed by atoms with Crippen molar-refractivity contribution in [3.63, 3.8) is 0 Å². The summed E-state index contributed by atoms with van der Waals surface area (Å²) in [5.41, 5.74) is 0. The molecule has 0 heterocycles. The molecule has 4 heteroatoms. The number of aliphatic hydroxyl groups is 2. The molecule has 0 aliphatic rings. The van der Waals surface area contributed by atoms with Crippen molar-refractivity contribution in [2.75, 3.05) is 6.61 Å². The Morgan fingerprint density at radius 3 is 1.06 bits per heavy atom. The second-order valence-electron chi connectivity index (χ2n) is 17.6. The Kier molecular flexibility index (Phi) is 52.5. The van der Waals surface area contributed by atoms with Gasteiger partial charge in [0.2, 0.25) is 5.91 Å². The Labute approximate surface area is 408 Å². The highest BCUT2D eigenvalue weighted by molar-refractivity contribution is 5.76. The number of allylic oxidation sites excluding steroid dienone is 23. The van der Waals surface area contributed by atoms with Gasteiger partial charge in [0.15, 0.2) is 0 Å². The molecule has 0 fully saturated rings. The van der Waals surface area contributed by atoms with Crippen molar-refractivity contribution in [3.05, 3.63) is 146 Å². The summed E-state index contributed by atoms with van der Waals surface area (Å²) in [5.74, 6) is -0.104. The predicted octanol–water partition coefficient (Wildman–Crippen LogP) is 18.0. The number of unbranched alkanes of at least 4 members (excludes halogenated alkanes) is 18. The average molecular weight is 908 g/mol. The van der Waals surface area contributed by atoms with E-state index in [1.807, 2.05) is 6.08 Å². The Bertz CT molecular complexity index is 1400. The van der Waals surface area contributed by atoms with Crippen LogP contribution in [0.4, 0.5) is 0 Å². The van der Waals surface area contributed by atoms with Crippen LogP contribution >= 0.6 is 0 Å². The first-order chi connectivity index (χ1) is 32.7. The largest absolute Gasteiger partial charge is 0.394 e. The van der Waals surface area contributed by atoms with Gasteiger partial charge in [-0.05, 0) is 109 Å². The first kappa shape index (κ1) is 62.3. The number of aliphatic hydroxyl groups excluding tert-OH is 2. The Hall–Kier alpha value is -3.73. The number of carbonyl (C=O) groups excluding carboxylic acids is 1. The summed E-state index contributed by atoms with van der Waals surface area (Å²) in [5, 5.41) is 23.1. The lowest BCUT2D eigenvalue weighted by Gasteiger charge is -2.19.